The van der Waals surface area contributed by atoms with Gasteiger partial charge in [0.1, 0.15) is 11.5 Å². The zero-order valence-corrected chi connectivity index (χ0v) is 9.88. The van der Waals surface area contributed by atoms with Crippen LogP contribution in [-0.4, -0.2) is 17.1 Å². The number of para-hydroxylation sites is 2. The Morgan fingerprint density at radius 2 is 1.83 bits per heavy atom. The second kappa shape index (κ2) is 4.41. The van der Waals surface area contributed by atoms with Gasteiger partial charge in [-0.3, -0.25) is 0 Å². The molecule has 3 aromatic rings. The summed E-state index contributed by atoms with van der Waals surface area (Å²) in [5, 5.41) is 0. The van der Waals surface area contributed by atoms with Crippen molar-refractivity contribution in [3.05, 3.63) is 48.5 Å². The zero-order valence-electron chi connectivity index (χ0n) is 9.88. The van der Waals surface area contributed by atoms with Gasteiger partial charge in [-0.25, -0.2) is 0 Å². The van der Waals surface area contributed by atoms with Crippen LogP contribution < -0.4 is 9.47 Å². The summed E-state index contributed by atoms with van der Waals surface area (Å²) in [5.41, 5.74) is 1.84. The van der Waals surface area contributed by atoms with E-state index in [0.717, 1.165) is 16.8 Å². The molecule has 0 radical (unpaired) electrons. The number of fused-ring (bicyclic) bond motifs is 1. The van der Waals surface area contributed by atoms with Gasteiger partial charge in [-0.1, -0.05) is 18.2 Å². The van der Waals surface area contributed by atoms with Crippen LogP contribution in [0.5, 0.6) is 17.5 Å². The number of imidazole rings is 1. The minimum absolute atomic E-state index is 0.476. The standard InChI is InChI=1S/C14H12N2O2/c1-17-10-5-4-6-11(9-10)18-14-15-12-7-2-3-8-13(12)16-14/h2-9H,1H3,(H,15,16). The molecule has 1 N–H and O–H groups in total. The first-order chi connectivity index (χ1) is 8.85. The highest BCUT2D eigenvalue weighted by molar-refractivity contribution is 5.75. The van der Waals surface area contributed by atoms with E-state index in [2.05, 4.69) is 9.97 Å². The van der Waals surface area contributed by atoms with E-state index in [9.17, 15) is 0 Å². The summed E-state index contributed by atoms with van der Waals surface area (Å²) < 4.78 is 10.8. The molecule has 90 valence electrons. The van der Waals surface area contributed by atoms with Gasteiger partial charge in [0.05, 0.1) is 18.1 Å². The molecule has 1 heterocycles. The second-order valence-electron chi connectivity index (χ2n) is 3.84. The summed E-state index contributed by atoms with van der Waals surface area (Å²) in [6, 6.07) is 15.7. The van der Waals surface area contributed by atoms with Gasteiger partial charge in [-0.15, -0.1) is 0 Å². The molecule has 1 aromatic heterocycles. The first-order valence-electron chi connectivity index (χ1n) is 5.62. The third kappa shape index (κ3) is 2.00. The number of aromatic amines is 1. The first kappa shape index (κ1) is 10.7. The van der Waals surface area contributed by atoms with Crippen LogP contribution in [-0.2, 0) is 0 Å². The highest BCUT2D eigenvalue weighted by atomic mass is 16.5. The topological polar surface area (TPSA) is 47.1 Å². The Hall–Kier alpha value is -2.49. The molecule has 2 aromatic carbocycles. The van der Waals surface area contributed by atoms with Crippen LogP contribution in [0.3, 0.4) is 0 Å². The van der Waals surface area contributed by atoms with Crippen molar-refractivity contribution in [3.8, 4) is 17.5 Å². The van der Waals surface area contributed by atoms with Crippen molar-refractivity contribution >= 4 is 11.0 Å². The Morgan fingerprint density at radius 3 is 2.67 bits per heavy atom. The summed E-state index contributed by atoms with van der Waals surface area (Å²) in [7, 11) is 1.63. The average molecular weight is 240 g/mol. The van der Waals surface area contributed by atoms with Crippen molar-refractivity contribution < 1.29 is 9.47 Å². The maximum absolute atomic E-state index is 5.66. The van der Waals surface area contributed by atoms with Gasteiger partial charge in [0, 0.05) is 6.07 Å². The molecule has 0 unspecified atom stereocenters. The van der Waals surface area contributed by atoms with Crippen LogP contribution in [0.1, 0.15) is 0 Å². The number of aromatic nitrogens is 2. The lowest BCUT2D eigenvalue weighted by Crippen LogP contribution is -1.87. The average Bonchev–Trinajstić information content (AvgIpc) is 2.81. The zero-order chi connectivity index (χ0) is 12.4. The predicted molar refractivity (Wildman–Crippen MR) is 69.2 cm³/mol. The van der Waals surface area contributed by atoms with E-state index in [1.807, 2.05) is 48.5 Å². The lowest BCUT2D eigenvalue weighted by atomic mass is 10.3. The number of rotatable bonds is 3. The third-order valence-corrected chi connectivity index (χ3v) is 2.62. The highest BCUT2D eigenvalue weighted by Gasteiger charge is 2.04. The van der Waals surface area contributed by atoms with Crippen molar-refractivity contribution in [1.29, 1.82) is 0 Å². The number of hydrogen-bond acceptors (Lipinski definition) is 3. The fourth-order valence-corrected chi connectivity index (χ4v) is 1.75. The van der Waals surface area contributed by atoms with Crippen LogP contribution in [0, 0.1) is 0 Å². The van der Waals surface area contributed by atoms with Crippen molar-refractivity contribution in [2.75, 3.05) is 7.11 Å². The van der Waals surface area contributed by atoms with Crippen molar-refractivity contribution in [1.82, 2.24) is 9.97 Å². The molecule has 18 heavy (non-hydrogen) atoms. The predicted octanol–water partition coefficient (Wildman–Crippen LogP) is 3.36. The van der Waals surface area contributed by atoms with Crippen molar-refractivity contribution in [2.45, 2.75) is 0 Å². The van der Waals surface area contributed by atoms with Crippen molar-refractivity contribution in [2.24, 2.45) is 0 Å². The number of benzene rings is 2. The molecule has 0 spiro atoms. The molecule has 0 saturated carbocycles. The van der Waals surface area contributed by atoms with Gasteiger partial charge in [-0.2, -0.15) is 4.98 Å². The number of ether oxygens (including phenoxy) is 2. The van der Waals surface area contributed by atoms with Gasteiger partial charge in [0.25, 0.3) is 6.01 Å². The largest absolute Gasteiger partial charge is 0.497 e. The summed E-state index contributed by atoms with van der Waals surface area (Å²) in [4.78, 5) is 7.45. The molecule has 4 heteroatoms. The molecule has 4 nitrogen and oxygen atoms in total. The Morgan fingerprint density at radius 1 is 1.00 bits per heavy atom. The van der Waals surface area contributed by atoms with Crippen LogP contribution >= 0.6 is 0 Å². The molecule has 0 amide bonds. The molecule has 0 aliphatic heterocycles. The summed E-state index contributed by atoms with van der Waals surface area (Å²) in [6.07, 6.45) is 0. The number of nitrogens with one attached hydrogen (secondary N) is 1. The molecule has 0 fully saturated rings. The molecular weight excluding hydrogens is 228 g/mol. The SMILES string of the molecule is COc1cccc(Oc2nc3ccccc3[nH]2)c1. The highest BCUT2D eigenvalue weighted by Crippen LogP contribution is 2.24. The van der Waals surface area contributed by atoms with Crippen molar-refractivity contribution in [3.63, 3.8) is 0 Å². The van der Waals surface area contributed by atoms with Crippen LogP contribution in [0.15, 0.2) is 48.5 Å². The number of hydrogen-bond donors (Lipinski definition) is 1. The monoisotopic (exact) mass is 240 g/mol. The van der Waals surface area contributed by atoms with Gasteiger partial charge >= 0.3 is 0 Å². The smallest absolute Gasteiger partial charge is 0.300 e. The van der Waals surface area contributed by atoms with E-state index in [-0.39, 0.29) is 0 Å². The Balaban J connectivity index is 1.91. The summed E-state index contributed by atoms with van der Waals surface area (Å²) in [5.74, 6) is 1.44. The summed E-state index contributed by atoms with van der Waals surface area (Å²) >= 11 is 0. The fourth-order valence-electron chi connectivity index (χ4n) is 1.75. The van der Waals surface area contributed by atoms with E-state index >= 15 is 0 Å². The van der Waals surface area contributed by atoms with Gasteiger partial charge < -0.3 is 14.5 Å². The molecule has 0 saturated heterocycles. The molecule has 0 aliphatic rings. The van der Waals surface area contributed by atoms with E-state index < -0.39 is 0 Å². The van der Waals surface area contributed by atoms with E-state index in [1.165, 1.54) is 0 Å². The van der Waals surface area contributed by atoms with E-state index in [0.29, 0.717) is 11.8 Å². The number of H-pyrrole nitrogens is 1. The molecule has 3 rings (SSSR count). The maximum Gasteiger partial charge on any atom is 0.300 e. The first-order valence-corrected chi connectivity index (χ1v) is 5.62. The van der Waals surface area contributed by atoms with Crippen LogP contribution in [0.2, 0.25) is 0 Å². The Kier molecular flexibility index (Phi) is 2.61. The summed E-state index contributed by atoms with van der Waals surface area (Å²) in [6.45, 7) is 0. The lowest BCUT2D eigenvalue weighted by molar-refractivity contribution is 0.405. The minimum atomic E-state index is 0.476. The second-order valence-corrected chi connectivity index (χ2v) is 3.84. The fraction of sp³-hybridized carbons (Fsp3) is 0.0714. The van der Waals surface area contributed by atoms with Gasteiger partial charge in [0.2, 0.25) is 0 Å². The van der Waals surface area contributed by atoms with Crippen LogP contribution in [0.4, 0.5) is 0 Å². The van der Waals surface area contributed by atoms with Gasteiger partial charge in [-0.05, 0) is 24.3 Å². The van der Waals surface area contributed by atoms with E-state index in [1.54, 1.807) is 7.11 Å². The minimum Gasteiger partial charge on any atom is -0.497 e. The lowest BCUT2D eigenvalue weighted by Gasteiger charge is -2.03. The number of nitrogens with zero attached hydrogens (tertiary/aromatic N) is 1. The third-order valence-electron chi connectivity index (χ3n) is 2.62. The molecular formula is C14H12N2O2. The molecule has 0 bridgehead atoms. The Labute approximate surface area is 104 Å². The molecule has 0 atom stereocenters. The van der Waals surface area contributed by atoms with Gasteiger partial charge in [0.15, 0.2) is 0 Å². The normalized spacial score (nSPS) is 10.5. The number of methoxy groups -OCH3 is 1. The molecule has 0 aliphatic carbocycles. The van der Waals surface area contributed by atoms with Crippen LogP contribution in [0.25, 0.3) is 11.0 Å². The maximum atomic E-state index is 5.66. The Bertz CT molecular complexity index is 643. The quantitative estimate of drug-likeness (QED) is 0.763. The van der Waals surface area contributed by atoms with E-state index in [4.69, 9.17) is 9.47 Å².